The Labute approximate surface area is 118 Å². The third-order valence-corrected chi connectivity index (χ3v) is 3.51. The Kier molecular flexibility index (Phi) is 4.81. The molecule has 0 fully saturated rings. The van der Waals surface area contributed by atoms with Crippen molar-refractivity contribution in [3.05, 3.63) is 57.8 Å². The highest BCUT2D eigenvalue weighted by molar-refractivity contribution is 7.07. The Morgan fingerprint density at radius 2 is 2.15 bits per heavy atom. The molecule has 0 bridgehead atoms. The predicted octanol–water partition coefficient (Wildman–Crippen LogP) is 2.88. The van der Waals surface area contributed by atoms with Gasteiger partial charge >= 0.3 is 0 Å². The molecule has 2 N–H and O–H groups in total. The molecule has 0 saturated carbocycles. The van der Waals surface area contributed by atoms with E-state index in [4.69, 9.17) is 0 Å². The van der Waals surface area contributed by atoms with Gasteiger partial charge in [0.1, 0.15) is 11.6 Å². The lowest BCUT2D eigenvalue weighted by Gasteiger charge is -2.10. The molecule has 1 atom stereocenters. The first-order chi connectivity index (χ1) is 9.58. The summed E-state index contributed by atoms with van der Waals surface area (Å²) in [5.41, 5.74) is 0.577. The summed E-state index contributed by atoms with van der Waals surface area (Å²) in [6, 6.07) is 4.58. The van der Waals surface area contributed by atoms with Gasteiger partial charge in [-0.15, -0.1) is 0 Å². The molecule has 0 spiro atoms. The normalized spacial score (nSPS) is 12.2. The van der Waals surface area contributed by atoms with Crippen LogP contribution in [0.15, 0.2) is 35.0 Å². The van der Waals surface area contributed by atoms with Crippen molar-refractivity contribution < 1.29 is 18.7 Å². The summed E-state index contributed by atoms with van der Waals surface area (Å²) in [4.78, 5) is 11.7. The molecule has 2 rings (SSSR count). The van der Waals surface area contributed by atoms with Gasteiger partial charge in [0.15, 0.2) is 0 Å². The van der Waals surface area contributed by atoms with E-state index in [1.165, 1.54) is 11.3 Å². The van der Waals surface area contributed by atoms with Crippen molar-refractivity contribution in [2.45, 2.75) is 12.5 Å². The lowest BCUT2D eigenvalue weighted by molar-refractivity contribution is 0.0938. The van der Waals surface area contributed by atoms with Crippen molar-refractivity contribution in [2.75, 3.05) is 6.54 Å². The smallest absolute Gasteiger partial charge is 0.254 e. The molecule has 0 aliphatic heterocycles. The third kappa shape index (κ3) is 3.61. The van der Waals surface area contributed by atoms with Crippen LogP contribution in [0.1, 0.15) is 28.4 Å². The number of amides is 1. The van der Waals surface area contributed by atoms with E-state index in [1.807, 2.05) is 10.8 Å². The van der Waals surface area contributed by atoms with Crippen molar-refractivity contribution in [2.24, 2.45) is 0 Å². The zero-order chi connectivity index (χ0) is 14.5. The third-order valence-electron chi connectivity index (χ3n) is 2.81. The average molecular weight is 297 g/mol. The fourth-order valence-corrected chi connectivity index (χ4v) is 2.43. The second kappa shape index (κ2) is 6.58. The van der Waals surface area contributed by atoms with Crippen LogP contribution in [0.5, 0.6) is 0 Å². The van der Waals surface area contributed by atoms with Gasteiger partial charge in [0.05, 0.1) is 11.7 Å². The van der Waals surface area contributed by atoms with Crippen LogP contribution < -0.4 is 5.32 Å². The fraction of sp³-hybridized carbons (Fsp3) is 0.214. The number of carbonyl (C=O) groups excluding carboxylic acids is 1. The van der Waals surface area contributed by atoms with Crippen molar-refractivity contribution in [3.8, 4) is 0 Å². The number of hydrogen-bond acceptors (Lipinski definition) is 3. The highest BCUT2D eigenvalue weighted by Gasteiger charge is 2.13. The topological polar surface area (TPSA) is 49.3 Å². The van der Waals surface area contributed by atoms with Gasteiger partial charge in [-0.1, -0.05) is 0 Å². The quantitative estimate of drug-likeness (QED) is 0.891. The van der Waals surface area contributed by atoms with Gasteiger partial charge in [-0.3, -0.25) is 4.79 Å². The first-order valence-corrected chi connectivity index (χ1v) is 6.95. The molecule has 3 nitrogen and oxygen atoms in total. The number of benzene rings is 1. The number of hydrogen-bond donors (Lipinski definition) is 2. The highest BCUT2D eigenvalue weighted by atomic mass is 32.1. The summed E-state index contributed by atoms with van der Waals surface area (Å²) in [6.07, 6.45) is -0.342. The van der Waals surface area contributed by atoms with Crippen molar-refractivity contribution >= 4 is 17.2 Å². The standard InChI is InChI=1S/C14H13F2NO2S/c15-10-1-2-11(12(16)7-10)14(19)17-5-3-13(18)9-4-6-20-8-9/h1-2,4,6-8,13,18H,3,5H2,(H,17,19). The Morgan fingerprint density at radius 3 is 2.80 bits per heavy atom. The zero-order valence-electron chi connectivity index (χ0n) is 10.5. The van der Waals surface area contributed by atoms with Crippen LogP contribution in [0.3, 0.4) is 0 Å². The SMILES string of the molecule is O=C(NCCC(O)c1ccsc1)c1ccc(F)cc1F. The largest absolute Gasteiger partial charge is 0.388 e. The van der Waals surface area contributed by atoms with Gasteiger partial charge in [-0.2, -0.15) is 11.3 Å². The summed E-state index contributed by atoms with van der Waals surface area (Å²) in [6.45, 7) is 0.201. The molecular weight excluding hydrogens is 284 g/mol. The molecule has 2 aromatic rings. The number of thiophene rings is 1. The molecule has 0 radical (unpaired) electrons. The van der Waals surface area contributed by atoms with Crippen molar-refractivity contribution in [1.82, 2.24) is 5.32 Å². The molecule has 1 aromatic carbocycles. The molecule has 1 amide bonds. The van der Waals surface area contributed by atoms with E-state index < -0.39 is 23.6 Å². The minimum absolute atomic E-state index is 0.201. The van der Waals surface area contributed by atoms with E-state index in [2.05, 4.69) is 5.32 Å². The highest BCUT2D eigenvalue weighted by Crippen LogP contribution is 2.18. The van der Waals surface area contributed by atoms with Crippen molar-refractivity contribution in [1.29, 1.82) is 0 Å². The maximum absolute atomic E-state index is 13.4. The van der Waals surface area contributed by atoms with Crippen LogP contribution in [0.25, 0.3) is 0 Å². The van der Waals surface area contributed by atoms with Crippen LogP contribution in [0, 0.1) is 11.6 Å². The lowest BCUT2D eigenvalue weighted by Crippen LogP contribution is -2.26. The summed E-state index contributed by atoms with van der Waals surface area (Å²) in [5.74, 6) is -2.26. The minimum atomic E-state index is -0.902. The zero-order valence-corrected chi connectivity index (χ0v) is 11.3. The van der Waals surface area contributed by atoms with Crippen molar-refractivity contribution in [3.63, 3.8) is 0 Å². The molecule has 1 heterocycles. The molecule has 0 aliphatic carbocycles. The molecule has 0 aliphatic rings. The summed E-state index contributed by atoms with van der Waals surface area (Å²) in [5, 5.41) is 16.0. The van der Waals surface area contributed by atoms with Gasteiger partial charge in [-0.05, 0) is 40.9 Å². The number of aliphatic hydroxyl groups excluding tert-OH is 1. The molecule has 6 heteroatoms. The monoisotopic (exact) mass is 297 g/mol. The molecule has 0 saturated heterocycles. The first-order valence-electron chi connectivity index (χ1n) is 6.01. The van der Waals surface area contributed by atoms with Crippen LogP contribution in [0.4, 0.5) is 8.78 Å². The maximum atomic E-state index is 13.4. The van der Waals surface area contributed by atoms with E-state index in [1.54, 1.807) is 6.07 Å². The summed E-state index contributed by atoms with van der Waals surface area (Å²) >= 11 is 1.48. The van der Waals surface area contributed by atoms with Gasteiger partial charge in [-0.25, -0.2) is 8.78 Å². The summed E-state index contributed by atoms with van der Waals surface area (Å²) < 4.78 is 26.1. The Balaban J connectivity index is 1.86. The average Bonchev–Trinajstić information content (AvgIpc) is 2.92. The predicted molar refractivity (Wildman–Crippen MR) is 72.6 cm³/mol. The van der Waals surface area contributed by atoms with Gasteiger partial charge in [0, 0.05) is 12.6 Å². The summed E-state index contributed by atoms with van der Waals surface area (Å²) in [7, 11) is 0. The van der Waals surface area contributed by atoms with E-state index >= 15 is 0 Å². The van der Waals surface area contributed by atoms with E-state index in [-0.39, 0.29) is 12.1 Å². The van der Waals surface area contributed by atoms with Crippen LogP contribution >= 0.6 is 11.3 Å². The molecular formula is C14H13F2NO2S. The Hall–Kier alpha value is -1.79. The van der Waals surface area contributed by atoms with Crippen LogP contribution in [-0.4, -0.2) is 17.6 Å². The number of carbonyl (C=O) groups is 1. The fourth-order valence-electron chi connectivity index (χ4n) is 1.72. The Morgan fingerprint density at radius 1 is 1.35 bits per heavy atom. The number of rotatable bonds is 5. The van der Waals surface area contributed by atoms with Gasteiger partial charge in [0.2, 0.25) is 0 Å². The first kappa shape index (κ1) is 14.6. The van der Waals surface area contributed by atoms with E-state index in [0.29, 0.717) is 12.5 Å². The second-order valence-electron chi connectivity index (χ2n) is 4.24. The molecule has 106 valence electrons. The van der Waals surface area contributed by atoms with Gasteiger partial charge in [0.25, 0.3) is 5.91 Å². The molecule has 20 heavy (non-hydrogen) atoms. The van der Waals surface area contributed by atoms with Crippen LogP contribution in [-0.2, 0) is 0 Å². The van der Waals surface area contributed by atoms with E-state index in [0.717, 1.165) is 17.7 Å². The number of aliphatic hydroxyl groups is 1. The Bertz CT molecular complexity index is 587. The lowest BCUT2D eigenvalue weighted by atomic mass is 10.1. The van der Waals surface area contributed by atoms with Gasteiger partial charge < -0.3 is 10.4 Å². The number of nitrogens with one attached hydrogen (secondary N) is 1. The van der Waals surface area contributed by atoms with E-state index in [9.17, 15) is 18.7 Å². The van der Waals surface area contributed by atoms with Crippen LogP contribution in [0.2, 0.25) is 0 Å². The number of halogens is 2. The maximum Gasteiger partial charge on any atom is 0.254 e. The molecule has 1 unspecified atom stereocenters. The minimum Gasteiger partial charge on any atom is -0.388 e. The molecule has 1 aromatic heterocycles. The second-order valence-corrected chi connectivity index (χ2v) is 5.02.